The monoisotopic (exact) mass is 264 g/mol. The van der Waals surface area contributed by atoms with E-state index in [1.165, 1.54) is 13.8 Å². The summed E-state index contributed by atoms with van der Waals surface area (Å²) in [5.41, 5.74) is 9.88. The Morgan fingerprint density at radius 2 is 2.21 bits per heavy atom. The highest BCUT2D eigenvalue weighted by Crippen LogP contribution is 2.16. The van der Waals surface area contributed by atoms with E-state index >= 15 is 0 Å². The Bertz CT molecular complexity index is 471. The molecule has 0 bridgehead atoms. The van der Waals surface area contributed by atoms with Crippen molar-refractivity contribution in [2.75, 3.05) is 0 Å². The van der Waals surface area contributed by atoms with Gasteiger partial charge in [0.2, 0.25) is 0 Å². The van der Waals surface area contributed by atoms with Gasteiger partial charge in [0.1, 0.15) is 0 Å². The average Bonchev–Trinajstić information content (AvgIpc) is 2.39. The van der Waals surface area contributed by atoms with Gasteiger partial charge in [0.25, 0.3) is 5.91 Å². The molecule has 1 aromatic carbocycles. The zero-order chi connectivity index (χ0) is 14.3. The summed E-state index contributed by atoms with van der Waals surface area (Å²) in [6, 6.07) is 9.25. The minimum Gasteiger partial charge on any atom is -0.392 e. The van der Waals surface area contributed by atoms with Crippen LogP contribution in [0.5, 0.6) is 0 Å². The third-order valence-corrected chi connectivity index (χ3v) is 2.77. The van der Waals surface area contributed by atoms with Crippen LogP contribution in [0.4, 0.5) is 0 Å². The molecule has 0 aliphatic rings. The van der Waals surface area contributed by atoms with Crippen LogP contribution in [0.3, 0.4) is 0 Å². The number of amides is 1. The Kier molecular flexibility index (Phi) is 5.32. The highest BCUT2D eigenvalue weighted by molar-refractivity contribution is 5.85. The highest BCUT2D eigenvalue weighted by Gasteiger charge is 2.37. The molecule has 7 nitrogen and oxygen atoms in total. The van der Waals surface area contributed by atoms with Gasteiger partial charge in [-0.2, -0.15) is 0 Å². The van der Waals surface area contributed by atoms with E-state index in [2.05, 4.69) is 15.5 Å². The molecular formula is C12H16N4O3. The SMILES string of the molecule is C[C@@H](O)[C@](C)(N=[N+]=[N-])C(=O)NOCc1ccccc1. The molecule has 2 atom stereocenters. The molecule has 0 saturated carbocycles. The van der Waals surface area contributed by atoms with Crippen molar-refractivity contribution < 1.29 is 14.7 Å². The number of carbonyl (C=O) groups excluding carboxylic acids is 1. The Hall–Kier alpha value is -2.08. The van der Waals surface area contributed by atoms with E-state index in [1.54, 1.807) is 0 Å². The smallest absolute Gasteiger partial charge is 0.258 e. The summed E-state index contributed by atoms with van der Waals surface area (Å²) in [6.45, 7) is 2.88. The summed E-state index contributed by atoms with van der Waals surface area (Å²) in [4.78, 5) is 19.4. The number of hydrogen-bond donors (Lipinski definition) is 2. The van der Waals surface area contributed by atoms with E-state index in [1.807, 2.05) is 30.3 Å². The summed E-state index contributed by atoms with van der Waals surface area (Å²) >= 11 is 0. The molecule has 0 heterocycles. The van der Waals surface area contributed by atoms with Gasteiger partial charge in [-0.25, -0.2) is 5.48 Å². The summed E-state index contributed by atoms with van der Waals surface area (Å²) < 4.78 is 0. The number of carbonyl (C=O) groups is 1. The van der Waals surface area contributed by atoms with Crippen molar-refractivity contribution in [3.05, 3.63) is 46.3 Å². The number of aliphatic hydroxyl groups is 1. The van der Waals surface area contributed by atoms with E-state index in [0.717, 1.165) is 5.56 Å². The molecule has 0 radical (unpaired) electrons. The van der Waals surface area contributed by atoms with Crippen molar-refractivity contribution >= 4 is 5.91 Å². The van der Waals surface area contributed by atoms with Gasteiger partial charge in [-0.15, -0.1) is 0 Å². The normalized spacial score (nSPS) is 14.9. The van der Waals surface area contributed by atoms with Crippen molar-refractivity contribution in [2.24, 2.45) is 5.11 Å². The van der Waals surface area contributed by atoms with Gasteiger partial charge in [-0.3, -0.25) is 9.63 Å². The van der Waals surface area contributed by atoms with Crippen molar-refractivity contribution in [1.29, 1.82) is 0 Å². The van der Waals surface area contributed by atoms with Crippen LogP contribution < -0.4 is 5.48 Å². The fourth-order valence-electron chi connectivity index (χ4n) is 1.27. The van der Waals surface area contributed by atoms with Crippen molar-refractivity contribution in [1.82, 2.24) is 5.48 Å². The molecule has 1 rings (SSSR count). The van der Waals surface area contributed by atoms with Crippen LogP contribution in [0, 0.1) is 0 Å². The fraction of sp³-hybridized carbons (Fsp3) is 0.417. The predicted octanol–water partition coefficient (Wildman–Crippen LogP) is 1.68. The molecule has 0 aliphatic carbocycles. The lowest BCUT2D eigenvalue weighted by molar-refractivity contribution is -0.143. The molecular weight excluding hydrogens is 248 g/mol. The van der Waals surface area contributed by atoms with Crippen molar-refractivity contribution in [3.63, 3.8) is 0 Å². The van der Waals surface area contributed by atoms with Crippen molar-refractivity contribution in [2.45, 2.75) is 32.1 Å². The van der Waals surface area contributed by atoms with Crippen molar-refractivity contribution in [3.8, 4) is 0 Å². The standard InChI is InChI=1S/C12H16N4O3/c1-9(17)12(2,15-16-13)11(18)14-19-8-10-6-4-3-5-7-10/h3-7,9,17H,8H2,1-2H3,(H,14,18)/t9-,12+/m1/s1. The molecule has 0 aromatic heterocycles. The van der Waals surface area contributed by atoms with Crippen LogP contribution in [0.25, 0.3) is 10.4 Å². The van der Waals surface area contributed by atoms with E-state index in [-0.39, 0.29) is 6.61 Å². The number of benzene rings is 1. The number of hydroxylamine groups is 1. The van der Waals surface area contributed by atoms with Gasteiger partial charge in [0, 0.05) is 4.91 Å². The minimum atomic E-state index is -1.61. The topological polar surface area (TPSA) is 107 Å². The third kappa shape index (κ3) is 3.96. The first kappa shape index (κ1) is 15.0. The van der Waals surface area contributed by atoms with Crippen LogP contribution in [0.15, 0.2) is 35.4 Å². The molecule has 0 unspecified atom stereocenters. The van der Waals surface area contributed by atoms with Gasteiger partial charge < -0.3 is 5.11 Å². The van der Waals surface area contributed by atoms with E-state index in [4.69, 9.17) is 10.4 Å². The zero-order valence-electron chi connectivity index (χ0n) is 10.8. The number of azide groups is 1. The first-order valence-corrected chi connectivity index (χ1v) is 5.71. The van der Waals surface area contributed by atoms with E-state index in [9.17, 15) is 9.90 Å². The van der Waals surface area contributed by atoms with Crippen LogP contribution in [-0.2, 0) is 16.2 Å². The van der Waals surface area contributed by atoms with E-state index in [0.29, 0.717) is 0 Å². The predicted molar refractivity (Wildman–Crippen MR) is 68.6 cm³/mol. The largest absolute Gasteiger partial charge is 0.392 e. The number of hydrogen-bond acceptors (Lipinski definition) is 4. The molecule has 19 heavy (non-hydrogen) atoms. The van der Waals surface area contributed by atoms with Crippen LogP contribution in [0.1, 0.15) is 19.4 Å². The Balaban J connectivity index is 2.57. The first-order valence-electron chi connectivity index (χ1n) is 5.71. The second kappa shape index (κ2) is 6.75. The molecule has 1 aromatic rings. The molecule has 0 saturated heterocycles. The highest BCUT2D eigenvalue weighted by atomic mass is 16.7. The maximum atomic E-state index is 11.8. The third-order valence-electron chi connectivity index (χ3n) is 2.77. The van der Waals surface area contributed by atoms with Gasteiger partial charge >= 0.3 is 0 Å². The maximum absolute atomic E-state index is 11.8. The summed E-state index contributed by atoms with van der Waals surface area (Å²) in [5.74, 6) is -0.698. The molecule has 0 spiro atoms. The number of nitrogens with zero attached hydrogens (tertiary/aromatic N) is 3. The molecule has 102 valence electrons. The lowest BCUT2D eigenvalue weighted by atomic mass is 9.96. The molecule has 2 N–H and O–H groups in total. The molecule has 1 amide bonds. The van der Waals surface area contributed by atoms with Crippen LogP contribution in [-0.4, -0.2) is 22.7 Å². The van der Waals surface area contributed by atoms with Gasteiger partial charge in [-0.05, 0) is 24.9 Å². The van der Waals surface area contributed by atoms with E-state index < -0.39 is 17.6 Å². The minimum absolute atomic E-state index is 0.179. The summed E-state index contributed by atoms with van der Waals surface area (Å²) in [6.07, 6.45) is -1.14. The van der Waals surface area contributed by atoms with Gasteiger partial charge in [0.15, 0.2) is 5.54 Å². The average molecular weight is 264 g/mol. The fourth-order valence-corrected chi connectivity index (χ4v) is 1.27. The molecule has 0 aliphatic heterocycles. The lowest BCUT2D eigenvalue weighted by Gasteiger charge is -2.25. The number of nitrogens with one attached hydrogen (secondary N) is 1. The molecule has 7 heteroatoms. The maximum Gasteiger partial charge on any atom is 0.258 e. The Morgan fingerprint density at radius 3 is 2.74 bits per heavy atom. The second-order valence-corrected chi connectivity index (χ2v) is 4.22. The Morgan fingerprint density at radius 1 is 1.58 bits per heavy atom. The zero-order valence-corrected chi connectivity index (χ0v) is 10.8. The van der Waals surface area contributed by atoms with Gasteiger partial charge in [-0.1, -0.05) is 35.4 Å². The summed E-state index contributed by atoms with van der Waals surface area (Å²) in [5, 5.41) is 12.8. The summed E-state index contributed by atoms with van der Waals surface area (Å²) in [7, 11) is 0. The van der Waals surface area contributed by atoms with Gasteiger partial charge in [0.05, 0.1) is 12.7 Å². The van der Waals surface area contributed by atoms with Crippen LogP contribution >= 0.6 is 0 Å². The van der Waals surface area contributed by atoms with Crippen LogP contribution in [0.2, 0.25) is 0 Å². The second-order valence-electron chi connectivity index (χ2n) is 4.22. The Labute approximate surface area is 110 Å². The lowest BCUT2D eigenvalue weighted by Crippen LogP contribution is -2.49. The molecule has 0 fully saturated rings. The first-order chi connectivity index (χ1) is 9.00. The quantitative estimate of drug-likeness (QED) is 0.353. The number of aliphatic hydroxyl groups excluding tert-OH is 1. The number of rotatable bonds is 6.